The minimum atomic E-state index is -0.399. The number of aryl methyl sites for hydroxylation is 5. The van der Waals surface area contributed by atoms with E-state index < -0.39 is 5.91 Å². The molecular weight excluding hydrogens is 420 g/mol. The molecule has 0 radical (unpaired) electrons. The zero-order valence-electron chi connectivity index (χ0n) is 18.8. The van der Waals surface area contributed by atoms with E-state index in [1.807, 2.05) is 77.1 Å². The van der Waals surface area contributed by atoms with Crippen LogP contribution in [0, 0.1) is 34.6 Å². The van der Waals surface area contributed by atoms with Gasteiger partial charge in [0.15, 0.2) is 0 Å². The van der Waals surface area contributed by atoms with Crippen molar-refractivity contribution in [3.63, 3.8) is 0 Å². The normalized spacial score (nSPS) is 13.9. The van der Waals surface area contributed by atoms with Gasteiger partial charge >= 0.3 is 0 Å². The van der Waals surface area contributed by atoms with Crippen LogP contribution in [0.5, 0.6) is 0 Å². The van der Waals surface area contributed by atoms with Crippen molar-refractivity contribution in [3.8, 4) is 0 Å². The Hall–Kier alpha value is -3.37. The number of imide groups is 1. The van der Waals surface area contributed by atoms with Crippen LogP contribution in [0.2, 0.25) is 5.02 Å². The molecule has 4 nitrogen and oxygen atoms in total. The maximum Gasteiger partial charge on any atom is 0.282 e. The molecule has 0 aliphatic carbocycles. The third kappa shape index (κ3) is 3.82. The summed E-state index contributed by atoms with van der Waals surface area (Å²) in [4.78, 5) is 28.4. The van der Waals surface area contributed by atoms with Crippen LogP contribution >= 0.6 is 11.6 Å². The van der Waals surface area contributed by atoms with Crippen LogP contribution in [-0.4, -0.2) is 11.8 Å². The highest BCUT2D eigenvalue weighted by Crippen LogP contribution is 2.36. The Morgan fingerprint density at radius 1 is 0.719 bits per heavy atom. The predicted molar refractivity (Wildman–Crippen MR) is 131 cm³/mol. The van der Waals surface area contributed by atoms with Crippen LogP contribution in [0.15, 0.2) is 60.3 Å². The first kappa shape index (κ1) is 21.8. The standard InChI is InChI=1S/C27H25ClN2O2/c1-15-6-7-18(4)23(12-15)29-25-24(20-10-8-16(2)19(5)13-20)26(31)30(27(25)32)21-11-9-17(3)22(28)14-21/h6-14,29H,1-5H3. The maximum atomic E-state index is 13.6. The molecule has 5 heteroatoms. The van der Waals surface area contributed by atoms with Crippen molar-refractivity contribution in [2.75, 3.05) is 10.2 Å². The Kier molecular flexibility index (Phi) is 5.66. The average Bonchev–Trinajstić information content (AvgIpc) is 2.99. The number of halogens is 1. The smallest absolute Gasteiger partial charge is 0.282 e. The third-order valence-corrected chi connectivity index (χ3v) is 6.35. The Balaban J connectivity index is 1.88. The molecule has 2 amide bonds. The van der Waals surface area contributed by atoms with Crippen LogP contribution in [0.1, 0.15) is 33.4 Å². The van der Waals surface area contributed by atoms with E-state index in [4.69, 9.17) is 11.6 Å². The lowest BCUT2D eigenvalue weighted by molar-refractivity contribution is -0.120. The van der Waals surface area contributed by atoms with Crippen LogP contribution in [-0.2, 0) is 9.59 Å². The highest BCUT2D eigenvalue weighted by atomic mass is 35.5. The fourth-order valence-electron chi connectivity index (χ4n) is 3.77. The van der Waals surface area contributed by atoms with Gasteiger partial charge in [-0.2, -0.15) is 0 Å². The quantitative estimate of drug-likeness (QED) is 0.482. The first-order chi connectivity index (χ1) is 15.2. The summed E-state index contributed by atoms with van der Waals surface area (Å²) in [7, 11) is 0. The molecule has 0 bridgehead atoms. The maximum absolute atomic E-state index is 13.6. The predicted octanol–water partition coefficient (Wildman–Crippen LogP) is 6.28. The van der Waals surface area contributed by atoms with E-state index in [2.05, 4.69) is 5.32 Å². The van der Waals surface area contributed by atoms with Crippen molar-refractivity contribution in [1.82, 2.24) is 0 Å². The largest absolute Gasteiger partial charge is 0.350 e. The van der Waals surface area contributed by atoms with Crippen molar-refractivity contribution < 1.29 is 9.59 Å². The second kappa shape index (κ2) is 8.29. The van der Waals surface area contributed by atoms with Crippen molar-refractivity contribution in [2.24, 2.45) is 0 Å². The molecular formula is C27H25ClN2O2. The molecule has 0 fully saturated rings. The van der Waals surface area contributed by atoms with Crippen molar-refractivity contribution >= 4 is 40.4 Å². The van der Waals surface area contributed by atoms with E-state index in [9.17, 15) is 9.59 Å². The molecule has 1 heterocycles. The minimum Gasteiger partial charge on any atom is -0.350 e. The van der Waals surface area contributed by atoms with Gasteiger partial charge in [0.2, 0.25) is 0 Å². The SMILES string of the molecule is Cc1ccc(C)c(NC2=C(c3ccc(C)c(C)c3)C(=O)N(c3ccc(C)c(Cl)c3)C2=O)c1. The van der Waals surface area contributed by atoms with Crippen LogP contribution in [0.4, 0.5) is 11.4 Å². The van der Waals surface area contributed by atoms with Crippen molar-refractivity contribution in [1.29, 1.82) is 0 Å². The van der Waals surface area contributed by atoms with Gasteiger partial charge in [-0.3, -0.25) is 9.59 Å². The molecule has 0 aromatic heterocycles. The van der Waals surface area contributed by atoms with Gasteiger partial charge in [0.25, 0.3) is 11.8 Å². The van der Waals surface area contributed by atoms with E-state index in [1.165, 1.54) is 4.90 Å². The number of hydrogen-bond acceptors (Lipinski definition) is 3. The molecule has 3 aromatic carbocycles. The number of amides is 2. The Morgan fingerprint density at radius 3 is 2.09 bits per heavy atom. The minimum absolute atomic E-state index is 0.267. The van der Waals surface area contributed by atoms with Crippen LogP contribution in [0.3, 0.4) is 0 Å². The summed E-state index contributed by atoms with van der Waals surface area (Å²) < 4.78 is 0. The van der Waals surface area contributed by atoms with Gasteiger partial charge < -0.3 is 5.32 Å². The number of anilines is 2. The number of rotatable bonds is 4. The molecule has 0 saturated carbocycles. The summed E-state index contributed by atoms with van der Waals surface area (Å²) in [5, 5.41) is 3.78. The second-order valence-electron chi connectivity index (χ2n) is 8.37. The number of carbonyl (C=O) groups excluding carboxylic acids is 2. The van der Waals surface area contributed by atoms with Gasteiger partial charge in [-0.25, -0.2) is 4.90 Å². The summed E-state index contributed by atoms with van der Waals surface area (Å²) in [5.74, 6) is -0.768. The first-order valence-corrected chi connectivity index (χ1v) is 10.9. The molecule has 0 spiro atoms. The second-order valence-corrected chi connectivity index (χ2v) is 8.78. The highest BCUT2D eigenvalue weighted by molar-refractivity contribution is 6.46. The summed E-state index contributed by atoms with van der Waals surface area (Å²) in [6.45, 7) is 9.86. The lowest BCUT2D eigenvalue weighted by Gasteiger charge is -2.17. The molecule has 1 aliphatic heterocycles. The van der Waals surface area contributed by atoms with E-state index in [1.54, 1.807) is 12.1 Å². The summed E-state index contributed by atoms with van der Waals surface area (Å²) in [6, 6.07) is 17.0. The third-order valence-electron chi connectivity index (χ3n) is 5.95. The van der Waals surface area contributed by atoms with Gasteiger partial charge in [0, 0.05) is 10.7 Å². The number of carbonyl (C=O) groups is 2. The fraction of sp³-hybridized carbons (Fsp3) is 0.185. The Morgan fingerprint density at radius 2 is 1.41 bits per heavy atom. The van der Waals surface area contributed by atoms with Gasteiger partial charge in [0.05, 0.1) is 11.3 Å². The van der Waals surface area contributed by atoms with Gasteiger partial charge in [-0.15, -0.1) is 0 Å². The summed E-state index contributed by atoms with van der Waals surface area (Å²) >= 11 is 6.31. The van der Waals surface area contributed by atoms with Gasteiger partial charge in [-0.05, 0) is 86.2 Å². The monoisotopic (exact) mass is 444 g/mol. The number of nitrogens with zero attached hydrogens (tertiary/aromatic N) is 1. The van der Waals surface area contributed by atoms with E-state index in [-0.39, 0.29) is 11.6 Å². The van der Waals surface area contributed by atoms with E-state index in [0.717, 1.165) is 33.5 Å². The highest BCUT2D eigenvalue weighted by Gasteiger charge is 2.40. The zero-order valence-corrected chi connectivity index (χ0v) is 19.6. The van der Waals surface area contributed by atoms with Gasteiger partial charge in [0.1, 0.15) is 5.70 Å². The first-order valence-electron chi connectivity index (χ1n) is 10.5. The summed E-state index contributed by atoms with van der Waals surface area (Å²) in [6.07, 6.45) is 0. The summed E-state index contributed by atoms with van der Waals surface area (Å²) in [5.41, 5.74) is 7.69. The molecule has 4 rings (SSSR count). The molecule has 162 valence electrons. The lowest BCUT2D eigenvalue weighted by atomic mass is 9.99. The number of nitrogens with one attached hydrogen (secondary N) is 1. The van der Waals surface area contributed by atoms with Crippen LogP contribution in [0.25, 0.3) is 5.57 Å². The topological polar surface area (TPSA) is 49.4 Å². The number of hydrogen-bond donors (Lipinski definition) is 1. The molecule has 0 atom stereocenters. The lowest BCUT2D eigenvalue weighted by Crippen LogP contribution is -2.32. The molecule has 1 N–H and O–H groups in total. The molecule has 1 aliphatic rings. The van der Waals surface area contributed by atoms with Crippen molar-refractivity contribution in [3.05, 3.63) is 98.7 Å². The zero-order chi connectivity index (χ0) is 23.2. The van der Waals surface area contributed by atoms with E-state index in [0.29, 0.717) is 21.8 Å². The molecule has 0 unspecified atom stereocenters. The molecule has 3 aromatic rings. The van der Waals surface area contributed by atoms with Crippen LogP contribution < -0.4 is 10.2 Å². The average molecular weight is 445 g/mol. The molecule has 0 saturated heterocycles. The Labute approximate surface area is 193 Å². The van der Waals surface area contributed by atoms with Crippen molar-refractivity contribution in [2.45, 2.75) is 34.6 Å². The molecule has 32 heavy (non-hydrogen) atoms. The fourth-order valence-corrected chi connectivity index (χ4v) is 3.95. The van der Waals surface area contributed by atoms with E-state index >= 15 is 0 Å². The van der Waals surface area contributed by atoms with Gasteiger partial charge in [-0.1, -0.05) is 48.0 Å². The Bertz CT molecular complexity index is 1310. The number of benzene rings is 3.